The maximum absolute atomic E-state index is 10.9. The number of amides is 1. The summed E-state index contributed by atoms with van der Waals surface area (Å²) in [7, 11) is 0. The average molecular weight is 192 g/mol. The van der Waals surface area contributed by atoms with E-state index < -0.39 is 0 Å². The van der Waals surface area contributed by atoms with Crippen LogP contribution in [0.3, 0.4) is 0 Å². The lowest BCUT2D eigenvalue weighted by molar-refractivity contribution is -0.116. The molecule has 0 bridgehead atoms. The molecule has 14 heavy (non-hydrogen) atoms. The SMILES string of the molecule is NC(=O)CC1=NCCC2=C1CCCC2. The molecule has 2 aliphatic rings. The Morgan fingerprint density at radius 3 is 2.86 bits per heavy atom. The van der Waals surface area contributed by atoms with Crippen molar-refractivity contribution >= 4 is 11.6 Å². The predicted molar refractivity (Wildman–Crippen MR) is 56.2 cm³/mol. The number of carbonyl (C=O) groups excluding carboxylic acids is 1. The van der Waals surface area contributed by atoms with Gasteiger partial charge in [-0.3, -0.25) is 9.79 Å². The van der Waals surface area contributed by atoms with Gasteiger partial charge in [-0.15, -0.1) is 0 Å². The second-order valence-corrected chi connectivity index (χ2v) is 4.01. The molecule has 0 fully saturated rings. The third kappa shape index (κ3) is 1.86. The summed E-state index contributed by atoms with van der Waals surface area (Å²) in [5.41, 5.74) is 9.05. The first kappa shape index (κ1) is 9.44. The lowest BCUT2D eigenvalue weighted by Crippen LogP contribution is -2.22. The van der Waals surface area contributed by atoms with Crippen molar-refractivity contribution in [3.63, 3.8) is 0 Å². The van der Waals surface area contributed by atoms with E-state index in [-0.39, 0.29) is 5.91 Å². The third-order valence-electron chi connectivity index (χ3n) is 2.99. The molecule has 0 atom stereocenters. The van der Waals surface area contributed by atoms with Gasteiger partial charge < -0.3 is 5.73 Å². The Morgan fingerprint density at radius 1 is 1.29 bits per heavy atom. The largest absolute Gasteiger partial charge is 0.369 e. The van der Waals surface area contributed by atoms with E-state index in [0.29, 0.717) is 6.42 Å². The monoisotopic (exact) mass is 192 g/mol. The van der Waals surface area contributed by atoms with Crippen molar-refractivity contribution in [3.8, 4) is 0 Å². The summed E-state index contributed by atoms with van der Waals surface area (Å²) >= 11 is 0. The van der Waals surface area contributed by atoms with Crippen LogP contribution in [0.4, 0.5) is 0 Å². The van der Waals surface area contributed by atoms with E-state index in [4.69, 9.17) is 5.73 Å². The summed E-state index contributed by atoms with van der Waals surface area (Å²) in [4.78, 5) is 15.3. The second kappa shape index (κ2) is 3.95. The van der Waals surface area contributed by atoms with Crippen LogP contribution in [0.5, 0.6) is 0 Å². The van der Waals surface area contributed by atoms with E-state index in [1.165, 1.54) is 30.4 Å². The van der Waals surface area contributed by atoms with Crippen molar-refractivity contribution in [1.82, 2.24) is 0 Å². The molecule has 0 saturated heterocycles. The maximum Gasteiger partial charge on any atom is 0.223 e. The van der Waals surface area contributed by atoms with Crippen LogP contribution in [0.2, 0.25) is 0 Å². The van der Waals surface area contributed by atoms with E-state index in [1.807, 2.05) is 0 Å². The molecule has 0 saturated carbocycles. The van der Waals surface area contributed by atoms with Gasteiger partial charge >= 0.3 is 0 Å². The second-order valence-electron chi connectivity index (χ2n) is 4.01. The highest BCUT2D eigenvalue weighted by Gasteiger charge is 2.20. The van der Waals surface area contributed by atoms with Gasteiger partial charge in [-0.1, -0.05) is 5.57 Å². The van der Waals surface area contributed by atoms with Gasteiger partial charge in [0.15, 0.2) is 0 Å². The number of nitrogens with two attached hydrogens (primary N) is 1. The van der Waals surface area contributed by atoms with Crippen LogP contribution < -0.4 is 5.73 Å². The summed E-state index contributed by atoms with van der Waals surface area (Å²) < 4.78 is 0. The Balaban J connectivity index is 2.19. The quantitative estimate of drug-likeness (QED) is 0.709. The van der Waals surface area contributed by atoms with Crippen LogP contribution in [0, 0.1) is 0 Å². The molecule has 0 spiro atoms. The molecule has 1 aliphatic carbocycles. The number of nitrogens with zero attached hydrogens (tertiary/aromatic N) is 1. The topological polar surface area (TPSA) is 55.5 Å². The van der Waals surface area contributed by atoms with Crippen molar-refractivity contribution in [2.75, 3.05) is 6.54 Å². The summed E-state index contributed by atoms with van der Waals surface area (Å²) in [6.45, 7) is 0.849. The van der Waals surface area contributed by atoms with Crippen molar-refractivity contribution < 1.29 is 4.79 Å². The smallest absolute Gasteiger partial charge is 0.223 e. The molecule has 2 rings (SSSR count). The molecule has 0 unspecified atom stereocenters. The standard InChI is InChI=1S/C11H16N2O/c12-11(14)7-10-9-4-2-1-3-8(9)5-6-13-10/h1-7H2,(H2,12,14). The molecule has 3 nitrogen and oxygen atoms in total. The number of primary amides is 1. The number of hydrogen-bond donors (Lipinski definition) is 1. The first-order chi connectivity index (χ1) is 6.77. The molecule has 1 amide bonds. The zero-order valence-electron chi connectivity index (χ0n) is 8.38. The molecule has 0 aromatic heterocycles. The van der Waals surface area contributed by atoms with Gasteiger partial charge in [0, 0.05) is 12.3 Å². The van der Waals surface area contributed by atoms with Crippen molar-refractivity contribution in [3.05, 3.63) is 11.1 Å². The molecule has 0 aromatic carbocycles. The van der Waals surface area contributed by atoms with E-state index >= 15 is 0 Å². The number of aliphatic imine (C=N–C) groups is 1. The lowest BCUT2D eigenvalue weighted by Gasteiger charge is -2.24. The van der Waals surface area contributed by atoms with Gasteiger partial charge in [0.1, 0.15) is 0 Å². The highest BCUT2D eigenvalue weighted by Crippen LogP contribution is 2.31. The minimum atomic E-state index is -0.261. The Morgan fingerprint density at radius 2 is 2.07 bits per heavy atom. The molecular formula is C11H16N2O. The molecule has 3 heteroatoms. The zero-order chi connectivity index (χ0) is 9.97. The summed E-state index contributed by atoms with van der Waals surface area (Å²) in [6, 6.07) is 0. The molecule has 0 radical (unpaired) electrons. The number of rotatable bonds is 2. The summed E-state index contributed by atoms with van der Waals surface area (Å²) in [6.07, 6.45) is 6.25. The number of dihydropyridines is 1. The minimum Gasteiger partial charge on any atom is -0.369 e. The minimum absolute atomic E-state index is 0.261. The molecule has 0 aromatic rings. The molecular weight excluding hydrogens is 176 g/mol. The highest BCUT2D eigenvalue weighted by atomic mass is 16.1. The number of carbonyl (C=O) groups is 1. The number of allylic oxidation sites excluding steroid dienone is 1. The van der Waals surface area contributed by atoms with E-state index in [1.54, 1.807) is 0 Å². The van der Waals surface area contributed by atoms with Crippen LogP contribution in [0.15, 0.2) is 16.1 Å². The van der Waals surface area contributed by atoms with Gasteiger partial charge in [-0.2, -0.15) is 0 Å². The van der Waals surface area contributed by atoms with E-state index in [9.17, 15) is 4.79 Å². The lowest BCUT2D eigenvalue weighted by atomic mass is 9.84. The van der Waals surface area contributed by atoms with E-state index in [2.05, 4.69) is 4.99 Å². The summed E-state index contributed by atoms with van der Waals surface area (Å²) in [5, 5.41) is 0. The Bertz CT molecular complexity index is 315. The van der Waals surface area contributed by atoms with Crippen LogP contribution in [-0.4, -0.2) is 18.2 Å². The van der Waals surface area contributed by atoms with Crippen molar-refractivity contribution in [2.24, 2.45) is 10.7 Å². The van der Waals surface area contributed by atoms with Gasteiger partial charge in [0.2, 0.25) is 5.91 Å². The molecule has 2 N–H and O–H groups in total. The molecule has 1 aliphatic heterocycles. The summed E-state index contributed by atoms with van der Waals surface area (Å²) in [5.74, 6) is -0.261. The zero-order valence-corrected chi connectivity index (χ0v) is 8.38. The first-order valence-electron chi connectivity index (χ1n) is 5.30. The number of hydrogen-bond acceptors (Lipinski definition) is 2. The van der Waals surface area contributed by atoms with Gasteiger partial charge in [0.25, 0.3) is 0 Å². The Hall–Kier alpha value is -1.12. The van der Waals surface area contributed by atoms with Crippen LogP contribution in [0.1, 0.15) is 38.5 Å². The van der Waals surface area contributed by atoms with Crippen LogP contribution in [-0.2, 0) is 4.79 Å². The molecule has 76 valence electrons. The molecule has 1 heterocycles. The van der Waals surface area contributed by atoms with Gasteiger partial charge in [-0.05, 0) is 37.7 Å². The first-order valence-corrected chi connectivity index (χ1v) is 5.30. The van der Waals surface area contributed by atoms with Crippen LogP contribution >= 0.6 is 0 Å². The van der Waals surface area contributed by atoms with Gasteiger partial charge in [-0.25, -0.2) is 0 Å². The van der Waals surface area contributed by atoms with Crippen LogP contribution in [0.25, 0.3) is 0 Å². The fraction of sp³-hybridized carbons (Fsp3) is 0.636. The Labute approximate surface area is 84.1 Å². The fourth-order valence-electron chi connectivity index (χ4n) is 2.34. The van der Waals surface area contributed by atoms with Gasteiger partial charge in [0.05, 0.1) is 6.42 Å². The average Bonchev–Trinajstić information content (AvgIpc) is 2.18. The fourth-order valence-corrected chi connectivity index (χ4v) is 2.34. The normalized spacial score (nSPS) is 21.6. The highest BCUT2D eigenvalue weighted by molar-refractivity contribution is 6.10. The third-order valence-corrected chi connectivity index (χ3v) is 2.99. The predicted octanol–water partition coefficient (Wildman–Crippen LogP) is 1.58. The van der Waals surface area contributed by atoms with Crippen molar-refractivity contribution in [2.45, 2.75) is 38.5 Å². The van der Waals surface area contributed by atoms with Crippen molar-refractivity contribution in [1.29, 1.82) is 0 Å². The Kier molecular flexibility index (Phi) is 2.66. The maximum atomic E-state index is 10.9. The van der Waals surface area contributed by atoms with E-state index in [0.717, 1.165) is 25.1 Å².